The van der Waals surface area contributed by atoms with Crippen molar-refractivity contribution in [2.45, 2.75) is 45.1 Å². The molecule has 1 aromatic carbocycles. The lowest BCUT2D eigenvalue weighted by Crippen LogP contribution is -2.46. The van der Waals surface area contributed by atoms with Crippen molar-refractivity contribution in [3.8, 4) is 16.9 Å². The van der Waals surface area contributed by atoms with E-state index in [1.54, 1.807) is 6.20 Å². The highest BCUT2D eigenvalue weighted by Gasteiger charge is 2.29. The van der Waals surface area contributed by atoms with Crippen LogP contribution in [0, 0.1) is 11.6 Å². The monoisotopic (exact) mass is 399 g/mol. The summed E-state index contributed by atoms with van der Waals surface area (Å²) in [5.74, 6) is -1.13. The number of likely N-dealkylation sites (tertiary alicyclic amines) is 1. The summed E-state index contributed by atoms with van der Waals surface area (Å²) >= 11 is 0. The Hall–Kier alpha value is -2.47. The molecule has 0 spiro atoms. The van der Waals surface area contributed by atoms with Crippen molar-refractivity contribution in [1.82, 2.24) is 14.9 Å². The number of nitrogens with one attached hydrogen (secondary N) is 1. The number of halogens is 2. The van der Waals surface area contributed by atoms with E-state index in [9.17, 15) is 8.78 Å². The number of ether oxygens (including phenoxy) is 1. The first-order valence-electron chi connectivity index (χ1n) is 10.0. The minimum absolute atomic E-state index is 0.132. The van der Waals surface area contributed by atoms with Gasteiger partial charge in [0.2, 0.25) is 0 Å². The van der Waals surface area contributed by atoms with Crippen molar-refractivity contribution in [3.63, 3.8) is 0 Å². The summed E-state index contributed by atoms with van der Waals surface area (Å²) in [6.45, 7) is 8.83. The molecular weight excluding hydrogens is 372 g/mol. The molecule has 6 heteroatoms. The zero-order chi connectivity index (χ0) is 20.8. The standard InChI is InChI=1S/C23H27F2N3O/c1-23(2,3)28-9-5-6-14(13-28)20-11-17-15(7-8-26-22(17)27-20)16-10-18(24)19(25)12-21(16)29-4/h7-8,10-12,14H,5-6,9,13H2,1-4H3,(H,26,27). The Labute approximate surface area is 169 Å². The molecule has 4 nitrogen and oxygen atoms in total. The van der Waals surface area contributed by atoms with Gasteiger partial charge in [-0.1, -0.05) is 0 Å². The molecule has 1 atom stereocenters. The van der Waals surface area contributed by atoms with E-state index in [2.05, 4.69) is 41.7 Å². The molecule has 1 aliphatic rings. The highest BCUT2D eigenvalue weighted by atomic mass is 19.2. The van der Waals surface area contributed by atoms with Crippen molar-refractivity contribution in [1.29, 1.82) is 0 Å². The summed E-state index contributed by atoms with van der Waals surface area (Å²) in [5.41, 5.74) is 3.31. The van der Waals surface area contributed by atoms with Crippen LogP contribution in [0.5, 0.6) is 5.75 Å². The maximum absolute atomic E-state index is 14.0. The van der Waals surface area contributed by atoms with Crippen molar-refractivity contribution >= 4 is 11.0 Å². The fourth-order valence-electron chi connectivity index (χ4n) is 4.25. The fraction of sp³-hybridized carbons (Fsp3) is 0.435. The van der Waals surface area contributed by atoms with Crippen LogP contribution in [-0.2, 0) is 0 Å². The van der Waals surface area contributed by atoms with E-state index in [4.69, 9.17) is 4.74 Å². The molecule has 0 saturated carbocycles. The molecule has 0 bridgehead atoms. The highest BCUT2D eigenvalue weighted by molar-refractivity contribution is 5.95. The maximum atomic E-state index is 14.0. The Kier molecular flexibility index (Phi) is 5.07. The number of pyridine rings is 1. The summed E-state index contributed by atoms with van der Waals surface area (Å²) in [5, 5.41) is 0.889. The number of benzene rings is 1. The second-order valence-electron chi connectivity index (χ2n) is 8.77. The summed E-state index contributed by atoms with van der Waals surface area (Å²) in [6, 6.07) is 6.21. The molecule has 3 aromatic rings. The largest absolute Gasteiger partial charge is 0.496 e. The number of aromatic nitrogens is 2. The molecule has 0 amide bonds. The van der Waals surface area contributed by atoms with Gasteiger partial charge in [-0.05, 0) is 63.9 Å². The van der Waals surface area contributed by atoms with Crippen LogP contribution >= 0.6 is 0 Å². The zero-order valence-electron chi connectivity index (χ0n) is 17.4. The van der Waals surface area contributed by atoms with Crippen LogP contribution in [-0.4, -0.2) is 40.6 Å². The summed E-state index contributed by atoms with van der Waals surface area (Å²) in [6.07, 6.45) is 3.94. The first-order chi connectivity index (χ1) is 13.8. The highest BCUT2D eigenvalue weighted by Crippen LogP contribution is 2.38. The van der Waals surface area contributed by atoms with Crippen molar-refractivity contribution in [2.75, 3.05) is 20.2 Å². The Morgan fingerprint density at radius 2 is 1.90 bits per heavy atom. The number of fused-ring (bicyclic) bond motifs is 1. The van der Waals surface area contributed by atoms with Gasteiger partial charge in [-0.2, -0.15) is 0 Å². The van der Waals surface area contributed by atoms with Gasteiger partial charge in [-0.15, -0.1) is 0 Å². The van der Waals surface area contributed by atoms with Gasteiger partial charge in [0.05, 0.1) is 7.11 Å². The van der Waals surface area contributed by atoms with Crippen LogP contribution < -0.4 is 4.74 Å². The Morgan fingerprint density at radius 1 is 1.14 bits per heavy atom. The number of aromatic amines is 1. The molecule has 1 unspecified atom stereocenters. The third-order valence-corrected chi connectivity index (χ3v) is 5.90. The van der Waals surface area contributed by atoms with E-state index >= 15 is 0 Å². The topological polar surface area (TPSA) is 41.1 Å². The van der Waals surface area contributed by atoms with Gasteiger partial charge in [0.15, 0.2) is 11.6 Å². The van der Waals surface area contributed by atoms with Crippen LogP contribution in [0.1, 0.15) is 45.2 Å². The number of methoxy groups -OCH3 is 1. The molecular formula is C23H27F2N3O. The molecule has 1 saturated heterocycles. The molecule has 154 valence electrons. The second kappa shape index (κ2) is 7.41. The fourth-order valence-corrected chi connectivity index (χ4v) is 4.25. The third kappa shape index (κ3) is 3.73. The number of hydrogen-bond donors (Lipinski definition) is 1. The van der Waals surface area contributed by atoms with Gasteiger partial charge in [-0.25, -0.2) is 13.8 Å². The SMILES string of the molecule is COc1cc(F)c(F)cc1-c1ccnc2[nH]c(C3CCCN(C(C)(C)C)C3)cc12. The van der Waals surface area contributed by atoms with E-state index < -0.39 is 11.6 Å². The number of hydrogen-bond acceptors (Lipinski definition) is 3. The zero-order valence-corrected chi connectivity index (χ0v) is 17.4. The quantitative estimate of drug-likeness (QED) is 0.633. The summed E-state index contributed by atoms with van der Waals surface area (Å²) < 4.78 is 33.0. The normalized spacial score (nSPS) is 18.3. The lowest BCUT2D eigenvalue weighted by molar-refractivity contribution is 0.0979. The Balaban J connectivity index is 1.76. The smallest absolute Gasteiger partial charge is 0.162 e. The maximum Gasteiger partial charge on any atom is 0.162 e. The molecule has 29 heavy (non-hydrogen) atoms. The summed E-state index contributed by atoms with van der Waals surface area (Å²) in [7, 11) is 1.46. The van der Waals surface area contributed by atoms with Crippen molar-refractivity contribution < 1.29 is 13.5 Å². The van der Waals surface area contributed by atoms with Crippen LogP contribution in [0.2, 0.25) is 0 Å². The molecule has 0 aliphatic carbocycles. The van der Waals surface area contributed by atoms with E-state index in [-0.39, 0.29) is 5.54 Å². The predicted octanol–water partition coefficient (Wildman–Crippen LogP) is 5.49. The lowest BCUT2D eigenvalue weighted by atomic mass is 9.91. The Morgan fingerprint density at radius 3 is 2.62 bits per heavy atom. The van der Waals surface area contributed by atoms with E-state index in [1.165, 1.54) is 13.2 Å². The molecule has 4 rings (SSSR count). The second-order valence-corrected chi connectivity index (χ2v) is 8.77. The summed E-state index contributed by atoms with van der Waals surface area (Å²) in [4.78, 5) is 10.4. The lowest BCUT2D eigenvalue weighted by Gasteiger charge is -2.41. The first kappa shape index (κ1) is 19.8. The minimum atomic E-state index is -0.921. The number of piperidine rings is 1. The van der Waals surface area contributed by atoms with Crippen molar-refractivity contribution in [3.05, 3.63) is 47.8 Å². The van der Waals surface area contributed by atoms with Gasteiger partial charge in [0.1, 0.15) is 11.4 Å². The molecule has 1 N–H and O–H groups in total. The van der Waals surface area contributed by atoms with Gasteiger partial charge < -0.3 is 9.72 Å². The van der Waals surface area contributed by atoms with E-state index in [1.807, 2.05) is 6.07 Å². The van der Waals surface area contributed by atoms with Gasteiger partial charge in [0.25, 0.3) is 0 Å². The van der Waals surface area contributed by atoms with Gasteiger partial charge in [0, 0.05) is 46.9 Å². The van der Waals surface area contributed by atoms with Gasteiger partial charge >= 0.3 is 0 Å². The van der Waals surface area contributed by atoms with Gasteiger partial charge in [-0.3, -0.25) is 4.90 Å². The molecule has 1 fully saturated rings. The average Bonchev–Trinajstić information content (AvgIpc) is 3.13. The van der Waals surface area contributed by atoms with E-state index in [0.717, 1.165) is 54.3 Å². The molecule has 3 heterocycles. The number of H-pyrrole nitrogens is 1. The first-order valence-corrected chi connectivity index (χ1v) is 10.0. The number of nitrogens with zero attached hydrogens (tertiary/aromatic N) is 2. The molecule has 2 aromatic heterocycles. The van der Waals surface area contributed by atoms with Crippen LogP contribution in [0.25, 0.3) is 22.2 Å². The third-order valence-electron chi connectivity index (χ3n) is 5.90. The molecule has 0 radical (unpaired) electrons. The molecule has 1 aliphatic heterocycles. The van der Waals surface area contributed by atoms with Crippen LogP contribution in [0.4, 0.5) is 8.78 Å². The minimum Gasteiger partial charge on any atom is -0.496 e. The van der Waals surface area contributed by atoms with E-state index in [0.29, 0.717) is 17.2 Å². The Bertz CT molecular complexity index is 1040. The van der Waals surface area contributed by atoms with Crippen LogP contribution in [0.3, 0.4) is 0 Å². The predicted molar refractivity (Wildman–Crippen MR) is 111 cm³/mol. The average molecular weight is 399 g/mol. The van der Waals surface area contributed by atoms with Crippen LogP contribution in [0.15, 0.2) is 30.5 Å². The van der Waals surface area contributed by atoms with Crippen molar-refractivity contribution in [2.24, 2.45) is 0 Å². The number of rotatable bonds is 3.